The third kappa shape index (κ3) is 4.37. The molecule has 0 aromatic heterocycles. The first-order valence-corrected chi connectivity index (χ1v) is 15.6. The van der Waals surface area contributed by atoms with Gasteiger partial charge in [0, 0.05) is 41.4 Å². The first-order valence-electron chi connectivity index (χ1n) is 14.8. The number of amides is 2. The van der Waals surface area contributed by atoms with E-state index >= 15 is 0 Å². The zero-order valence-electron chi connectivity index (χ0n) is 24.3. The third-order valence-electron chi connectivity index (χ3n) is 9.65. The van der Waals surface area contributed by atoms with Gasteiger partial charge in [0.15, 0.2) is 23.1 Å². The van der Waals surface area contributed by atoms with E-state index in [0.29, 0.717) is 52.1 Å². The van der Waals surface area contributed by atoms with E-state index in [1.807, 2.05) is 30.3 Å². The van der Waals surface area contributed by atoms with Crippen LogP contribution in [-0.4, -0.2) is 61.9 Å². The molecule has 2 aromatic carbocycles. The number of carbonyl (C=O) groups excluding carboxylic acids is 4. The number of nitrogens with zero attached hydrogens (tertiary/aromatic N) is 2. The van der Waals surface area contributed by atoms with Crippen molar-refractivity contribution >= 4 is 50.7 Å². The highest BCUT2D eigenvalue weighted by Crippen LogP contribution is 2.56. The number of fused-ring (bicyclic) bond motifs is 3. The number of allylic oxidation sites excluding steroid dienone is 6. The summed E-state index contributed by atoms with van der Waals surface area (Å²) in [5.41, 5.74) is 4.14. The number of ether oxygens (including phenoxy) is 2. The largest absolute Gasteiger partial charge is 0.503 e. The van der Waals surface area contributed by atoms with Gasteiger partial charge in [0.25, 0.3) is 0 Å². The Bertz CT molecular complexity index is 1720. The van der Waals surface area contributed by atoms with E-state index in [1.165, 1.54) is 18.1 Å². The topological polar surface area (TPSA) is 113 Å². The van der Waals surface area contributed by atoms with E-state index in [-0.39, 0.29) is 41.3 Å². The molecule has 10 heteroatoms. The average molecular weight is 660 g/mol. The molecule has 2 fully saturated rings. The minimum atomic E-state index is -0.672. The number of ketones is 2. The number of carbonyl (C=O) groups is 4. The molecule has 0 radical (unpaired) electrons. The van der Waals surface area contributed by atoms with E-state index in [2.05, 4.69) is 20.8 Å². The van der Waals surface area contributed by atoms with Crippen LogP contribution in [0.15, 0.2) is 75.3 Å². The summed E-state index contributed by atoms with van der Waals surface area (Å²) in [4.78, 5) is 58.6. The van der Waals surface area contributed by atoms with Gasteiger partial charge in [-0.3, -0.25) is 24.1 Å². The van der Waals surface area contributed by atoms with Gasteiger partial charge in [-0.25, -0.2) is 0 Å². The maximum Gasteiger partial charge on any atom is 0.238 e. The van der Waals surface area contributed by atoms with Crippen LogP contribution >= 0.6 is 15.9 Å². The van der Waals surface area contributed by atoms with Crippen molar-refractivity contribution in [2.75, 3.05) is 43.2 Å². The molecule has 2 amide bonds. The molecule has 3 aliphatic carbocycles. The van der Waals surface area contributed by atoms with Crippen molar-refractivity contribution < 1.29 is 33.8 Å². The minimum Gasteiger partial charge on any atom is -0.503 e. The number of morpholine rings is 1. The van der Waals surface area contributed by atoms with Gasteiger partial charge in [-0.15, -0.1) is 0 Å². The molecule has 4 atom stereocenters. The molecule has 7 rings (SSSR count). The first-order chi connectivity index (χ1) is 21.2. The van der Waals surface area contributed by atoms with E-state index in [9.17, 15) is 24.3 Å². The van der Waals surface area contributed by atoms with Crippen molar-refractivity contribution in [1.82, 2.24) is 0 Å². The van der Waals surface area contributed by atoms with Gasteiger partial charge >= 0.3 is 0 Å². The molecule has 9 nitrogen and oxygen atoms in total. The standard InChI is InChI=1S/C34H31BrN2O7/c1-17-13-26(38)30-24(31(17)39)16-23-21(28(30)18-14-25(35)32(40)27(15-18)43-2)7-8-22-29(23)34(42)37(33(22)41)20-5-3-19(4-6-20)36-9-11-44-12-10-36/h3-7,13-15,22-23,28-29,40H,8-12,16H2,1-2H3. The normalized spacial score (nSPS) is 26.7. The summed E-state index contributed by atoms with van der Waals surface area (Å²) in [6.45, 7) is 4.49. The molecule has 5 aliphatic rings. The number of rotatable bonds is 4. The van der Waals surface area contributed by atoms with Crippen molar-refractivity contribution in [2.45, 2.75) is 25.7 Å². The zero-order valence-corrected chi connectivity index (χ0v) is 25.9. The summed E-state index contributed by atoms with van der Waals surface area (Å²) in [7, 11) is 1.44. The highest BCUT2D eigenvalue weighted by molar-refractivity contribution is 9.10. The lowest BCUT2D eigenvalue weighted by atomic mass is 9.59. The molecule has 2 saturated heterocycles. The molecule has 44 heavy (non-hydrogen) atoms. The highest BCUT2D eigenvalue weighted by atomic mass is 79.9. The van der Waals surface area contributed by atoms with Crippen molar-refractivity contribution in [3.8, 4) is 11.5 Å². The zero-order chi connectivity index (χ0) is 30.9. The second-order valence-electron chi connectivity index (χ2n) is 11.9. The van der Waals surface area contributed by atoms with Gasteiger partial charge in [-0.05, 0) is 89.7 Å². The Balaban J connectivity index is 1.28. The first kappa shape index (κ1) is 28.7. The van der Waals surface area contributed by atoms with Crippen LogP contribution in [0.3, 0.4) is 0 Å². The van der Waals surface area contributed by atoms with E-state index in [0.717, 1.165) is 24.4 Å². The molecule has 0 spiro atoms. The van der Waals surface area contributed by atoms with Crippen molar-refractivity contribution in [3.63, 3.8) is 0 Å². The monoisotopic (exact) mass is 658 g/mol. The molecule has 2 heterocycles. The van der Waals surface area contributed by atoms with Crippen LogP contribution in [-0.2, 0) is 23.9 Å². The van der Waals surface area contributed by atoms with Crippen LogP contribution in [0.25, 0.3) is 0 Å². The Morgan fingerprint density at radius 2 is 1.68 bits per heavy atom. The Labute approximate surface area is 262 Å². The van der Waals surface area contributed by atoms with Crippen LogP contribution in [0, 0.1) is 17.8 Å². The number of hydrogen-bond donors (Lipinski definition) is 1. The lowest BCUT2D eigenvalue weighted by molar-refractivity contribution is -0.123. The summed E-state index contributed by atoms with van der Waals surface area (Å²) in [5, 5.41) is 10.5. The van der Waals surface area contributed by atoms with Gasteiger partial charge in [-0.1, -0.05) is 11.6 Å². The number of Topliss-reactive ketones (excluding diaryl/α,β-unsaturated/α-hetero) is 1. The number of aromatic hydroxyl groups is 1. The number of hydrogen-bond acceptors (Lipinski definition) is 8. The number of methoxy groups -OCH3 is 1. The fourth-order valence-electron chi connectivity index (χ4n) is 7.57. The molecular formula is C34H31BrN2O7. The summed E-state index contributed by atoms with van der Waals surface area (Å²) >= 11 is 3.40. The Kier molecular flexibility index (Phi) is 7.09. The van der Waals surface area contributed by atoms with Crippen LogP contribution in [0.5, 0.6) is 11.5 Å². The van der Waals surface area contributed by atoms with Gasteiger partial charge in [0.1, 0.15) is 0 Å². The van der Waals surface area contributed by atoms with Gasteiger partial charge in [-0.2, -0.15) is 0 Å². The predicted octanol–water partition coefficient (Wildman–Crippen LogP) is 4.63. The molecule has 0 bridgehead atoms. The number of phenolic OH excluding ortho intramolecular Hbond substituents is 1. The number of benzene rings is 2. The summed E-state index contributed by atoms with van der Waals surface area (Å²) in [6, 6.07) is 10.9. The van der Waals surface area contributed by atoms with Crippen LogP contribution in [0.1, 0.15) is 31.2 Å². The van der Waals surface area contributed by atoms with E-state index in [1.54, 1.807) is 19.1 Å². The number of halogens is 1. The average Bonchev–Trinajstić information content (AvgIpc) is 3.30. The summed E-state index contributed by atoms with van der Waals surface area (Å²) < 4.78 is 11.2. The predicted molar refractivity (Wildman–Crippen MR) is 166 cm³/mol. The Hall–Kier alpha value is -4.02. The quantitative estimate of drug-likeness (QED) is 0.287. The number of anilines is 2. The van der Waals surface area contributed by atoms with Crippen molar-refractivity contribution in [1.29, 1.82) is 0 Å². The van der Waals surface area contributed by atoms with Gasteiger partial charge in [0.2, 0.25) is 11.8 Å². The summed E-state index contributed by atoms with van der Waals surface area (Å²) in [5.74, 6) is -3.19. The third-order valence-corrected chi connectivity index (χ3v) is 10.3. The number of imide groups is 1. The molecule has 4 unspecified atom stereocenters. The number of phenols is 1. The molecular weight excluding hydrogens is 628 g/mol. The van der Waals surface area contributed by atoms with E-state index < -0.39 is 23.7 Å². The lowest BCUT2D eigenvalue weighted by Gasteiger charge is -2.42. The van der Waals surface area contributed by atoms with Gasteiger partial charge in [0.05, 0.1) is 42.3 Å². The fourth-order valence-corrected chi connectivity index (χ4v) is 8.03. The SMILES string of the molecule is COc1cc(C2C3=CCC4C(=O)N(c5ccc(N6CCOCC6)cc5)C(=O)C4C3CC3=C2C(=O)C=C(C)C3=O)cc(Br)c1O. The van der Waals surface area contributed by atoms with Crippen LogP contribution in [0.4, 0.5) is 11.4 Å². The Morgan fingerprint density at radius 3 is 2.39 bits per heavy atom. The maximum atomic E-state index is 14.2. The fraction of sp³-hybridized carbons (Fsp3) is 0.353. The van der Waals surface area contributed by atoms with Crippen molar-refractivity contribution in [2.24, 2.45) is 17.8 Å². The second-order valence-corrected chi connectivity index (χ2v) is 12.8. The lowest BCUT2D eigenvalue weighted by Crippen LogP contribution is -2.39. The van der Waals surface area contributed by atoms with Gasteiger partial charge < -0.3 is 19.5 Å². The van der Waals surface area contributed by atoms with E-state index in [4.69, 9.17) is 9.47 Å². The maximum absolute atomic E-state index is 14.2. The van der Waals surface area contributed by atoms with Crippen molar-refractivity contribution in [3.05, 3.63) is 80.9 Å². The Morgan fingerprint density at radius 1 is 0.977 bits per heavy atom. The highest BCUT2D eigenvalue weighted by Gasteiger charge is 2.56. The molecule has 1 N–H and O–H groups in total. The molecule has 2 aromatic rings. The molecule has 226 valence electrons. The molecule has 2 aliphatic heterocycles. The van der Waals surface area contributed by atoms with Crippen LogP contribution < -0.4 is 14.5 Å². The smallest absolute Gasteiger partial charge is 0.238 e. The molecule has 0 saturated carbocycles. The minimum absolute atomic E-state index is 0.0795. The van der Waals surface area contributed by atoms with Crippen LogP contribution in [0.2, 0.25) is 0 Å². The second kappa shape index (κ2) is 10.9. The summed E-state index contributed by atoms with van der Waals surface area (Å²) in [6.07, 6.45) is 3.90.